The second-order valence-corrected chi connectivity index (χ2v) is 10.1. The lowest BCUT2D eigenvalue weighted by molar-refractivity contribution is -0.385. The van der Waals surface area contributed by atoms with E-state index in [4.69, 9.17) is 30.4 Å². The molecule has 0 aliphatic carbocycles. The molecule has 2 aromatic carbocycles. The zero-order chi connectivity index (χ0) is 28.7. The van der Waals surface area contributed by atoms with Crippen LogP contribution in [0.4, 0.5) is 11.4 Å². The van der Waals surface area contributed by atoms with Crippen LogP contribution in [-0.4, -0.2) is 54.1 Å². The van der Waals surface area contributed by atoms with Crippen molar-refractivity contribution in [2.45, 2.75) is 25.0 Å². The first-order valence-corrected chi connectivity index (χ1v) is 13.0. The molecule has 0 amide bonds. The minimum atomic E-state index is -1.67. The number of hydrogen-bond acceptors (Lipinski definition) is 11. The molecule has 202 valence electrons. The molecule has 0 bridgehead atoms. The molecule has 38 heavy (non-hydrogen) atoms. The average Bonchev–Trinajstić information content (AvgIpc) is 2.83. The predicted octanol–water partition coefficient (Wildman–Crippen LogP) is 3.75. The lowest BCUT2D eigenvalue weighted by atomic mass is 10.0. The number of hydrogen-bond donors (Lipinski definition) is 1. The van der Waals surface area contributed by atoms with Gasteiger partial charge >= 0.3 is 5.97 Å². The summed E-state index contributed by atoms with van der Waals surface area (Å²) < 4.78 is 19.3. The first kappa shape index (κ1) is 30.6. The normalized spacial score (nSPS) is 17.2. The van der Waals surface area contributed by atoms with Gasteiger partial charge in [0, 0.05) is 45.6 Å². The van der Waals surface area contributed by atoms with Gasteiger partial charge in [-0.1, -0.05) is 0 Å². The Morgan fingerprint density at radius 1 is 0.868 bits per heavy atom. The van der Waals surface area contributed by atoms with E-state index in [1.165, 1.54) is 18.2 Å². The molecule has 0 aromatic heterocycles. The number of aliphatic carboxylic acids is 1. The summed E-state index contributed by atoms with van der Waals surface area (Å²) >= 11 is 5.25. The summed E-state index contributed by atoms with van der Waals surface area (Å²) in [6, 6.07) is 7.11. The predicted molar refractivity (Wildman–Crippen MR) is 131 cm³/mol. The number of carboxylic acid groups (broad SMARTS) is 1. The van der Waals surface area contributed by atoms with Gasteiger partial charge in [0.1, 0.15) is 11.5 Å². The van der Waals surface area contributed by atoms with Crippen LogP contribution in [-0.2, 0) is 18.8 Å². The molecule has 0 fully saturated rings. The van der Waals surface area contributed by atoms with Gasteiger partial charge in [-0.05, 0) is 23.7 Å². The fourth-order valence-corrected chi connectivity index (χ4v) is 3.24. The van der Waals surface area contributed by atoms with Crippen molar-refractivity contribution in [2.75, 3.05) is 0 Å². The number of Topliss-reactive ketones (excluding diaryl/α,β-unsaturated/α-hetero) is 2. The average molecular weight is 612 g/mol. The summed E-state index contributed by atoms with van der Waals surface area (Å²) in [5.74, 6) is -1.89. The van der Waals surface area contributed by atoms with Gasteiger partial charge in [-0.25, -0.2) is 9.00 Å². The molecular weight excluding hydrogens is 599 g/mol. The second kappa shape index (κ2) is 13.2. The SMILES string of the molecule is O=C1CC(C(=O)Cl)Oc2ccc([N+](=O)[O-])cc21.O=C1CC(C(=O)O)Oc2ccc([N+](=O)[O-])cc21.O=S(Cl)Cl. The van der Waals surface area contributed by atoms with Crippen molar-refractivity contribution >= 4 is 76.3 Å². The molecular formula is C20H13Cl3N2O12S. The Morgan fingerprint density at radius 3 is 1.58 bits per heavy atom. The number of benzene rings is 2. The molecule has 2 heterocycles. The Balaban J connectivity index is 0.000000234. The molecule has 0 spiro atoms. The number of fused-ring (bicyclic) bond motifs is 2. The van der Waals surface area contributed by atoms with Crippen LogP contribution in [0.1, 0.15) is 33.6 Å². The van der Waals surface area contributed by atoms with Gasteiger partial charge in [0.2, 0.25) is 15.3 Å². The first-order chi connectivity index (χ1) is 17.7. The third-order valence-corrected chi connectivity index (χ3v) is 5.00. The molecule has 4 rings (SSSR count). The number of nitro benzene ring substituents is 2. The van der Waals surface area contributed by atoms with E-state index in [1.54, 1.807) is 0 Å². The zero-order valence-corrected chi connectivity index (χ0v) is 21.5. The quantitative estimate of drug-likeness (QED) is 0.297. The van der Waals surface area contributed by atoms with E-state index in [1.807, 2.05) is 0 Å². The molecule has 2 aliphatic heterocycles. The topological polar surface area (TPSA) is 210 Å². The van der Waals surface area contributed by atoms with Gasteiger partial charge in [0.15, 0.2) is 17.7 Å². The number of carboxylic acids is 1. The number of carbonyl (C=O) groups is 4. The van der Waals surface area contributed by atoms with Crippen LogP contribution in [0.25, 0.3) is 0 Å². The molecule has 0 radical (unpaired) electrons. The zero-order valence-electron chi connectivity index (χ0n) is 18.4. The molecule has 2 unspecified atom stereocenters. The summed E-state index contributed by atoms with van der Waals surface area (Å²) in [6.07, 6.45) is -2.76. The molecule has 0 saturated heterocycles. The van der Waals surface area contributed by atoms with E-state index >= 15 is 0 Å². The number of ketones is 2. The standard InChI is InChI=1S/C10H6ClNO5.C10H7NO6.Cl2OS/c11-10(14)9-4-7(13)6-3-5(12(15)16)1-2-8(6)17-9;12-7-4-9(10(13)14)17-8-2-1-5(11(15)16)3-6(7)8;1-4(2)3/h1-3,9H,4H2;1-3,9H,4H2,(H,13,14);. The minimum absolute atomic E-state index is 0.0525. The smallest absolute Gasteiger partial charge is 0.345 e. The number of ether oxygens (including phenoxy) is 2. The molecule has 1 N–H and O–H groups in total. The van der Waals surface area contributed by atoms with Crippen molar-refractivity contribution in [3.8, 4) is 11.5 Å². The van der Waals surface area contributed by atoms with Crippen molar-refractivity contribution in [1.29, 1.82) is 0 Å². The van der Waals surface area contributed by atoms with Crippen LogP contribution in [0.2, 0.25) is 0 Å². The van der Waals surface area contributed by atoms with E-state index in [2.05, 4.69) is 21.4 Å². The number of non-ortho nitro benzene ring substituents is 2. The largest absolute Gasteiger partial charge is 0.480 e. The summed E-state index contributed by atoms with van der Waals surface area (Å²) in [5, 5.41) is 29.0. The van der Waals surface area contributed by atoms with Crippen LogP contribution in [0.3, 0.4) is 0 Å². The summed E-state index contributed by atoms with van der Waals surface area (Å²) in [6.45, 7) is 0. The Hall–Kier alpha value is -3.66. The Labute approximate surface area is 228 Å². The van der Waals surface area contributed by atoms with Crippen LogP contribution in [0.5, 0.6) is 11.5 Å². The van der Waals surface area contributed by atoms with E-state index in [0.717, 1.165) is 18.2 Å². The molecule has 14 nitrogen and oxygen atoms in total. The van der Waals surface area contributed by atoms with E-state index in [9.17, 15) is 39.4 Å². The third kappa shape index (κ3) is 8.17. The lowest BCUT2D eigenvalue weighted by Crippen LogP contribution is -2.33. The van der Waals surface area contributed by atoms with Crippen LogP contribution >= 0.6 is 33.0 Å². The number of nitro groups is 2. The van der Waals surface area contributed by atoms with Gasteiger partial charge in [-0.15, -0.1) is 0 Å². The maximum atomic E-state index is 11.7. The second-order valence-electron chi connectivity index (χ2n) is 7.17. The summed E-state index contributed by atoms with van der Waals surface area (Å²) in [7, 11) is 7.36. The van der Waals surface area contributed by atoms with Gasteiger partial charge < -0.3 is 14.6 Å². The van der Waals surface area contributed by atoms with E-state index < -0.39 is 54.1 Å². The van der Waals surface area contributed by atoms with Gasteiger partial charge in [-0.3, -0.25) is 34.6 Å². The van der Waals surface area contributed by atoms with Crippen molar-refractivity contribution in [3.05, 3.63) is 67.8 Å². The van der Waals surface area contributed by atoms with Crippen molar-refractivity contribution < 1.29 is 47.8 Å². The summed E-state index contributed by atoms with van der Waals surface area (Å²) in [5.41, 5.74) is -0.268. The Bertz CT molecular complexity index is 1250. The van der Waals surface area contributed by atoms with Crippen molar-refractivity contribution in [3.63, 3.8) is 0 Å². The van der Waals surface area contributed by atoms with Crippen molar-refractivity contribution in [2.24, 2.45) is 0 Å². The Kier molecular flexibility index (Phi) is 10.6. The minimum Gasteiger partial charge on any atom is -0.480 e. The number of nitrogens with zero attached hydrogens (tertiary/aromatic N) is 2. The highest BCUT2D eigenvalue weighted by Crippen LogP contribution is 2.32. The molecule has 2 aliphatic rings. The van der Waals surface area contributed by atoms with Gasteiger partial charge in [0.25, 0.3) is 16.6 Å². The van der Waals surface area contributed by atoms with Crippen molar-refractivity contribution in [1.82, 2.24) is 0 Å². The highest BCUT2D eigenvalue weighted by Gasteiger charge is 2.33. The van der Waals surface area contributed by atoms with E-state index in [-0.39, 0.29) is 46.8 Å². The number of rotatable bonds is 4. The molecule has 0 saturated carbocycles. The monoisotopic (exact) mass is 610 g/mol. The van der Waals surface area contributed by atoms with Crippen LogP contribution < -0.4 is 9.47 Å². The van der Waals surface area contributed by atoms with Gasteiger partial charge in [-0.2, -0.15) is 0 Å². The summed E-state index contributed by atoms with van der Waals surface area (Å²) in [4.78, 5) is 64.7. The fourth-order valence-electron chi connectivity index (χ4n) is 3.12. The number of halogens is 3. The first-order valence-electron chi connectivity index (χ1n) is 9.84. The maximum Gasteiger partial charge on any atom is 0.345 e. The van der Waals surface area contributed by atoms with E-state index in [0.29, 0.717) is 0 Å². The van der Waals surface area contributed by atoms with Crippen LogP contribution in [0.15, 0.2) is 36.4 Å². The van der Waals surface area contributed by atoms with Crippen LogP contribution in [0, 0.1) is 20.2 Å². The maximum absolute atomic E-state index is 11.7. The highest BCUT2D eigenvalue weighted by molar-refractivity contribution is 8.26. The molecule has 18 heteroatoms. The lowest BCUT2D eigenvalue weighted by Gasteiger charge is -2.21. The number of carbonyl (C=O) groups excluding carboxylic acids is 3. The Morgan fingerprint density at radius 2 is 1.24 bits per heavy atom. The highest BCUT2D eigenvalue weighted by atomic mass is 36.0. The molecule has 2 atom stereocenters. The fraction of sp³-hybridized carbons (Fsp3) is 0.200. The molecule has 2 aromatic rings. The third-order valence-electron chi connectivity index (χ3n) is 4.76. The van der Waals surface area contributed by atoms with Gasteiger partial charge in [0.05, 0.1) is 33.8 Å².